The molecule has 0 unspecified atom stereocenters. The van der Waals surface area contributed by atoms with E-state index in [1.165, 1.54) is 11.3 Å². The van der Waals surface area contributed by atoms with E-state index in [9.17, 15) is 9.59 Å². The molecule has 0 radical (unpaired) electrons. The number of benzene rings is 2. The molecule has 164 valence electrons. The van der Waals surface area contributed by atoms with Gasteiger partial charge < -0.3 is 15.2 Å². The first-order valence-electron chi connectivity index (χ1n) is 11.0. The molecule has 2 N–H and O–H groups in total. The van der Waals surface area contributed by atoms with Crippen molar-refractivity contribution in [1.29, 1.82) is 0 Å². The van der Waals surface area contributed by atoms with Crippen LogP contribution in [0.3, 0.4) is 0 Å². The van der Waals surface area contributed by atoms with Crippen LogP contribution in [0.4, 0.5) is 0 Å². The van der Waals surface area contributed by atoms with Crippen LogP contribution in [0.2, 0.25) is 0 Å². The summed E-state index contributed by atoms with van der Waals surface area (Å²) in [6.07, 6.45) is 3.64. The third-order valence-electron chi connectivity index (χ3n) is 6.30. The van der Waals surface area contributed by atoms with Crippen molar-refractivity contribution in [2.45, 2.75) is 38.6 Å². The van der Waals surface area contributed by atoms with Crippen LogP contribution < -0.4 is 5.32 Å². The fourth-order valence-electron chi connectivity index (χ4n) is 4.67. The highest BCUT2D eigenvalue weighted by atomic mass is 32.1. The van der Waals surface area contributed by atoms with E-state index in [0.717, 1.165) is 56.4 Å². The number of aryl methyl sites for hydroxylation is 1. The predicted octanol–water partition coefficient (Wildman–Crippen LogP) is 4.68. The van der Waals surface area contributed by atoms with Crippen molar-refractivity contribution < 1.29 is 9.59 Å². The molecule has 7 heteroatoms. The molecule has 1 saturated heterocycles. The number of aromatic amines is 1. The molecule has 0 saturated carbocycles. The number of fused-ring (bicyclic) bond motifs is 2. The number of H-pyrrole nitrogens is 1. The van der Waals surface area contributed by atoms with Crippen molar-refractivity contribution in [3.63, 3.8) is 0 Å². The lowest BCUT2D eigenvalue weighted by Gasteiger charge is -2.35. The van der Waals surface area contributed by atoms with E-state index in [1.54, 1.807) is 7.05 Å². The van der Waals surface area contributed by atoms with E-state index in [0.29, 0.717) is 18.8 Å². The molecule has 6 nitrogen and oxygen atoms in total. The number of carbonyl (C=O) groups excluding carboxylic acids is 2. The van der Waals surface area contributed by atoms with Crippen LogP contribution in [0.5, 0.6) is 0 Å². The van der Waals surface area contributed by atoms with Gasteiger partial charge in [0.15, 0.2) is 5.82 Å². The van der Waals surface area contributed by atoms with E-state index >= 15 is 0 Å². The standard InChI is InChI=1S/C25H26N4O2S/c1-15-10-11-19-20(13-15)28-23(27-19)25(31)29-12-6-5-7-16(29)14-18-17-8-3-4-9-21(17)32-22(18)24(30)26-2/h3-4,8-11,13,16H,5-7,12,14H2,1-2H3,(H,26,30)(H,27,28)/t16-/m1/s1. The SMILES string of the molecule is CNC(=O)c1sc2ccccc2c1C[C@H]1CCCCN1C(=O)c1nc2ccc(C)cc2[nH]1. The molecule has 1 fully saturated rings. The van der Waals surface area contributed by atoms with Crippen molar-refractivity contribution >= 4 is 44.3 Å². The van der Waals surface area contributed by atoms with E-state index < -0.39 is 0 Å². The molecular formula is C25H26N4O2S. The average molecular weight is 447 g/mol. The molecule has 1 aliphatic heterocycles. The number of imidazole rings is 1. The monoisotopic (exact) mass is 446 g/mol. The number of piperidine rings is 1. The Hall–Kier alpha value is -3.19. The summed E-state index contributed by atoms with van der Waals surface area (Å²) in [5.41, 5.74) is 3.85. The average Bonchev–Trinajstić information content (AvgIpc) is 3.40. The lowest BCUT2D eigenvalue weighted by atomic mass is 9.93. The maximum absolute atomic E-state index is 13.5. The van der Waals surface area contributed by atoms with E-state index in [2.05, 4.69) is 27.4 Å². The Morgan fingerprint density at radius 1 is 1.22 bits per heavy atom. The molecule has 0 aliphatic carbocycles. The van der Waals surface area contributed by atoms with Gasteiger partial charge >= 0.3 is 0 Å². The fourth-order valence-corrected chi connectivity index (χ4v) is 5.85. The Labute approximate surface area is 190 Å². The van der Waals surface area contributed by atoms with Gasteiger partial charge in [0, 0.05) is 24.3 Å². The lowest BCUT2D eigenvalue weighted by Crippen LogP contribution is -2.45. The summed E-state index contributed by atoms with van der Waals surface area (Å²) in [4.78, 5) is 36.6. The molecule has 0 bridgehead atoms. The summed E-state index contributed by atoms with van der Waals surface area (Å²) in [5.74, 6) is 0.256. The van der Waals surface area contributed by atoms with Crippen molar-refractivity contribution in [1.82, 2.24) is 20.2 Å². The van der Waals surface area contributed by atoms with Gasteiger partial charge in [0.2, 0.25) is 0 Å². The van der Waals surface area contributed by atoms with Gasteiger partial charge in [0.1, 0.15) is 0 Å². The van der Waals surface area contributed by atoms with Gasteiger partial charge in [-0.2, -0.15) is 0 Å². The number of nitrogens with zero attached hydrogens (tertiary/aromatic N) is 2. The summed E-state index contributed by atoms with van der Waals surface area (Å²) in [6, 6.07) is 14.1. The molecule has 1 atom stereocenters. The molecule has 2 amide bonds. The number of likely N-dealkylation sites (tertiary alicyclic amines) is 1. The minimum atomic E-state index is -0.0671. The maximum atomic E-state index is 13.5. The first-order valence-corrected chi connectivity index (χ1v) is 11.9. The van der Waals surface area contributed by atoms with E-state index in [-0.39, 0.29) is 17.9 Å². The zero-order valence-corrected chi connectivity index (χ0v) is 19.1. The van der Waals surface area contributed by atoms with Crippen LogP contribution >= 0.6 is 11.3 Å². The van der Waals surface area contributed by atoms with E-state index in [4.69, 9.17) is 0 Å². The second-order valence-corrected chi connectivity index (χ2v) is 9.50. The summed E-state index contributed by atoms with van der Waals surface area (Å²) < 4.78 is 1.10. The number of carbonyl (C=O) groups is 2. The Morgan fingerprint density at radius 3 is 2.91 bits per heavy atom. The van der Waals surface area contributed by atoms with Gasteiger partial charge in [-0.3, -0.25) is 9.59 Å². The van der Waals surface area contributed by atoms with Crippen molar-refractivity contribution in [2.24, 2.45) is 0 Å². The minimum absolute atomic E-state index is 0.0348. The Kier molecular flexibility index (Phi) is 5.43. The van der Waals surface area contributed by atoms with Crippen LogP contribution in [0.15, 0.2) is 42.5 Å². The molecule has 32 heavy (non-hydrogen) atoms. The topological polar surface area (TPSA) is 78.1 Å². The largest absolute Gasteiger partial charge is 0.354 e. The second-order valence-electron chi connectivity index (χ2n) is 8.44. The predicted molar refractivity (Wildman–Crippen MR) is 128 cm³/mol. The number of rotatable bonds is 4. The first kappa shape index (κ1) is 20.7. The first-order chi connectivity index (χ1) is 15.5. The molecule has 0 spiro atoms. The van der Waals surface area contributed by atoms with Crippen LogP contribution in [0.1, 0.15) is 50.7 Å². The van der Waals surface area contributed by atoms with Crippen molar-refractivity contribution in [2.75, 3.05) is 13.6 Å². The van der Waals surface area contributed by atoms with Gasteiger partial charge in [0.05, 0.1) is 15.9 Å². The zero-order chi connectivity index (χ0) is 22.2. The lowest BCUT2D eigenvalue weighted by molar-refractivity contribution is 0.0602. The molecule has 3 heterocycles. The smallest absolute Gasteiger partial charge is 0.289 e. The summed E-state index contributed by atoms with van der Waals surface area (Å²) in [7, 11) is 1.66. The normalized spacial score (nSPS) is 16.6. The van der Waals surface area contributed by atoms with Gasteiger partial charge in [-0.05, 0) is 67.3 Å². The molecule has 5 rings (SSSR count). The Bertz CT molecular complexity index is 1320. The second kappa shape index (κ2) is 8.39. The van der Waals surface area contributed by atoms with Gasteiger partial charge in [-0.25, -0.2) is 4.98 Å². The highest BCUT2D eigenvalue weighted by Crippen LogP contribution is 2.34. The molecule has 2 aromatic heterocycles. The number of thiophene rings is 1. The number of hydrogen-bond acceptors (Lipinski definition) is 4. The zero-order valence-electron chi connectivity index (χ0n) is 18.3. The summed E-state index contributed by atoms with van der Waals surface area (Å²) in [6.45, 7) is 2.73. The number of amides is 2. The molecule has 1 aliphatic rings. The highest BCUT2D eigenvalue weighted by molar-refractivity contribution is 7.21. The highest BCUT2D eigenvalue weighted by Gasteiger charge is 2.31. The van der Waals surface area contributed by atoms with E-state index in [1.807, 2.05) is 42.2 Å². The van der Waals surface area contributed by atoms with Crippen LogP contribution in [0.25, 0.3) is 21.1 Å². The molecule has 4 aromatic rings. The minimum Gasteiger partial charge on any atom is -0.354 e. The van der Waals surface area contributed by atoms with Gasteiger partial charge in [0.25, 0.3) is 11.8 Å². The number of nitrogens with one attached hydrogen (secondary N) is 2. The van der Waals surface area contributed by atoms with Crippen LogP contribution in [-0.2, 0) is 6.42 Å². The quantitative estimate of drug-likeness (QED) is 0.478. The summed E-state index contributed by atoms with van der Waals surface area (Å²) >= 11 is 1.52. The molecule has 2 aromatic carbocycles. The van der Waals surface area contributed by atoms with Crippen molar-refractivity contribution in [3.8, 4) is 0 Å². The fraction of sp³-hybridized carbons (Fsp3) is 0.320. The maximum Gasteiger partial charge on any atom is 0.289 e. The van der Waals surface area contributed by atoms with Crippen molar-refractivity contribution in [3.05, 3.63) is 64.3 Å². The summed E-state index contributed by atoms with van der Waals surface area (Å²) in [5, 5.41) is 3.88. The Balaban J connectivity index is 1.49. The number of hydrogen-bond donors (Lipinski definition) is 2. The molecular weight excluding hydrogens is 420 g/mol. The van der Waals surface area contributed by atoms with Gasteiger partial charge in [-0.1, -0.05) is 24.3 Å². The number of aromatic nitrogens is 2. The Morgan fingerprint density at radius 2 is 2.06 bits per heavy atom. The van der Waals surface area contributed by atoms with Crippen LogP contribution in [-0.4, -0.2) is 46.3 Å². The third-order valence-corrected chi connectivity index (χ3v) is 7.51. The van der Waals surface area contributed by atoms with Gasteiger partial charge in [-0.15, -0.1) is 11.3 Å². The van der Waals surface area contributed by atoms with Crippen LogP contribution in [0, 0.1) is 6.92 Å². The third kappa shape index (κ3) is 3.66.